The number of carbonyl (C=O) groups excluding carboxylic acids is 4. The van der Waals surface area contributed by atoms with E-state index in [-0.39, 0.29) is 66.3 Å². The largest absolute Gasteiger partial charge is 0.460 e. The Hall–Kier alpha value is -4.01. The minimum absolute atomic E-state index is 0. The molecule has 0 bridgehead atoms. The van der Waals surface area contributed by atoms with Gasteiger partial charge in [0.25, 0.3) is 0 Å². The Kier molecular flexibility index (Phi) is 34.3. The summed E-state index contributed by atoms with van der Waals surface area (Å²) in [4.78, 5) is 47.3. The maximum absolute atomic E-state index is 13.2. The predicted octanol–water partition coefficient (Wildman–Crippen LogP) is 15.5. The molecule has 3 rings (SSSR count). The fourth-order valence-corrected chi connectivity index (χ4v) is 5.19. The van der Waals surface area contributed by atoms with Gasteiger partial charge in [0.2, 0.25) is 0 Å². The maximum atomic E-state index is 13.2. The molecule has 3 aromatic rings. The van der Waals surface area contributed by atoms with Crippen LogP contribution in [0.15, 0.2) is 78.9 Å². The molecule has 9 heteroatoms. The van der Waals surface area contributed by atoms with Gasteiger partial charge < -0.3 is 18.9 Å². The second-order valence-corrected chi connectivity index (χ2v) is 18.8. The summed E-state index contributed by atoms with van der Waals surface area (Å²) in [6.45, 7) is 32.5. The van der Waals surface area contributed by atoms with Crippen molar-refractivity contribution in [1.82, 2.24) is 0 Å². The van der Waals surface area contributed by atoms with Gasteiger partial charge in [0.15, 0.2) is 5.60 Å². The van der Waals surface area contributed by atoms with E-state index in [1.54, 1.807) is 33.8 Å². The summed E-state index contributed by atoms with van der Waals surface area (Å²) >= 11 is 6.66. The lowest BCUT2D eigenvalue weighted by Crippen LogP contribution is -2.36. The van der Waals surface area contributed by atoms with Crippen molar-refractivity contribution < 1.29 is 38.1 Å². The standard InChI is InChI=1S/C28H29ClO4.C10H18O3.C6H14O.C6H14.4CH4/c1-20-14-16-22(17-15-20)28(21-10-6-5-7-11-21,23-12-8-9-13-24(23)29)33-26(31)19-18-25(30)32-27(2,3)4;1-5-8(11)6-7-9(12)13-10(2,3)4;1-5-7-6(2,3)4;1-5-6(2,3)4;;;;/h5-17H,18-19H2,1-4H3;5-7H2,1-4H3;5H2,1-4H3;5H2,1-4H3;4*1H4. The minimum atomic E-state index is -1.28. The topological polar surface area (TPSA) is 105 Å². The van der Waals surface area contributed by atoms with E-state index in [9.17, 15) is 19.2 Å². The molecular formula is C54H91ClO8. The molecule has 1 unspecified atom stereocenters. The third-order valence-corrected chi connectivity index (χ3v) is 8.50. The van der Waals surface area contributed by atoms with Gasteiger partial charge in [-0.2, -0.15) is 0 Å². The van der Waals surface area contributed by atoms with Crippen molar-refractivity contribution in [3.05, 3.63) is 106 Å². The van der Waals surface area contributed by atoms with Crippen LogP contribution in [0.25, 0.3) is 0 Å². The first-order chi connectivity index (χ1) is 27.1. The molecule has 3 aromatic carbocycles. The highest BCUT2D eigenvalue weighted by molar-refractivity contribution is 6.31. The van der Waals surface area contributed by atoms with Crippen LogP contribution in [0.5, 0.6) is 0 Å². The van der Waals surface area contributed by atoms with Crippen LogP contribution in [0.4, 0.5) is 0 Å². The van der Waals surface area contributed by atoms with Gasteiger partial charge >= 0.3 is 17.9 Å². The zero-order chi connectivity index (χ0) is 45.7. The summed E-state index contributed by atoms with van der Waals surface area (Å²) in [5, 5.41) is 0.474. The van der Waals surface area contributed by atoms with E-state index in [1.165, 1.54) is 6.42 Å². The molecule has 0 N–H and O–H groups in total. The normalized spacial score (nSPS) is 11.6. The third kappa shape index (κ3) is 30.7. The highest BCUT2D eigenvalue weighted by Crippen LogP contribution is 2.44. The summed E-state index contributed by atoms with van der Waals surface area (Å²) in [7, 11) is 0. The Balaban J connectivity index is -0.000000310. The minimum Gasteiger partial charge on any atom is -0.460 e. The lowest BCUT2D eigenvalue weighted by Gasteiger charge is -2.36. The van der Waals surface area contributed by atoms with Crippen LogP contribution >= 0.6 is 11.6 Å². The van der Waals surface area contributed by atoms with Crippen molar-refractivity contribution in [1.29, 1.82) is 0 Å². The van der Waals surface area contributed by atoms with E-state index in [1.807, 2.05) is 107 Å². The summed E-state index contributed by atoms with van der Waals surface area (Å²) in [5.74, 6) is -1.16. The zero-order valence-electron chi connectivity index (χ0n) is 39.1. The van der Waals surface area contributed by atoms with E-state index >= 15 is 0 Å². The van der Waals surface area contributed by atoms with Crippen LogP contribution in [-0.2, 0) is 43.7 Å². The van der Waals surface area contributed by atoms with Gasteiger partial charge in [-0.3, -0.25) is 19.2 Å². The van der Waals surface area contributed by atoms with Gasteiger partial charge in [-0.25, -0.2) is 0 Å². The number of Topliss-reactive ketones (excluding diaryl/α,β-unsaturated/α-hetero) is 1. The molecule has 0 spiro atoms. The van der Waals surface area contributed by atoms with Gasteiger partial charge in [0.1, 0.15) is 17.0 Å². The summed E-state index contributed by atoms with van der Waals surface area (Å²) in [6.07, 6.45) is 2.07. The number of ketones is 1. The second kappa shape index (κ2) is 31.8. The van der Waals surface area contributed by atoms with Crippen molar-refractivity contribution in [3.63, 3.8) is 0 Å². The second-order valence-electron chi connectivity index (χ2n) is 18.4. The molecule has 0 radical (unpaired) electrons. The number of hydrogen-bond acceptors (Lipinski definition) is 8. The van der Waals surface area contributed by atoms with E-state index in [4.69, 9.17) is 30.5 Å². The molecule has 0 aromatic heterocycles. The van der Waals surface area contributed by atoms with Gasteiger partial charge in [0, 0.05) is 41.2 Å². The first kappa shape index (κ1) is 68.1. The Morgan fingerprint density at radius 1 is 0.508 bits per heavy atom. The van der Waals surface area contributed by atoms with Crippen LogP contribution < -0.4 is 0 Å². The monoisotopic (exact) mass is 903 g/mol. The van der Waals surface area contributed by atoms with E-state index in [0.29, 0.717) is 28.8 Å². The molecular weight excluding hydrogens is 812 g/mol. The highest BCUT2D eigenvalue weighted by Gasteiger charge is 2.42. The summed E-state index contributed by atoms with van der Waals surface area (Å²) in [5.41, 5.74) is 1.49. The third-order valence-electron chi connectivity index (χ3n) is 8.17. The van der Waals surface area contributed by atoms with Crippen LogP contribution in [0, 0.1) is 12.3 Å². The van der Waals surface area contributed by atoms with Crippen LogP contribution in [0.1, 0.15) is 194 Å². The van der Waals surface area contributed by atoms with E-state index in [0.717, 1.165) is 23.3 Å². The van der Waals surface area contributed by atoms with Crippen molar-refractivity contribution in [3.8, 4) is 0 Å². The van der Waals surface area contributed by atoms with E-state index in [2.05, 4.69) is 48.5 Å². The zero-order valence-corrected chi connectivity index (χ0v) is 39.9. The molecule has 0 amide bonds. The fraction of sp³-hybridized carbons (Fsp3) is 0.593. The number of ether oxygens (including phenoxy) is 4. The van der Waals surface area contributed by atoms with Crippen molar-refractivity contribution in [2.45, 2.75) is 201 Å². The molecule has 0 saturated heterocycles. The smallest absolute Gasteiger partial charge is 0.307 e. The van der Waals surface area contributed by atoms with Gasteiger partial charge in [-0.05, 0) is 87.6 Å². The van der Waals surface area contributed by atoms with Crippen molar-refractivity contribution in [2.24, 2.45) is 5.41 Å². The lowest BCUT2D eigenvalue weighted by molar-refractivity contribution is -0.161. The molecule has 0 fully saturated rings. The Morgan fingerprint density at radius 2 is 0.889 bits per heavy atom. The summed E-state index contributed by atoms with van der Waals surface area (Å²) < 4.78 is 21.9. The molecule has 0 heterocycles. The molecule has 0 aliphatic carbocycles. The Labute approximate surface area is 391 Å². The summed E-state index contributed by atoms with van der Waals surface area (Å²) in [6, 6.07) is 24.6. The van der Waals surface area contributed by atoms with Crippen molar-refractivity contribution in [2.75, 3.05) is 6.61 Å². The lowest BCUT2D eigenvalue weighted by atomic mass is 9.79. The average molecular weight is 904 g/mol. The number of benzene rings is 3. The average Bonchev–Trinajstić information content (AvgIpc) is 3.12. The number of halogens is 1. The molecule has 362 valence electrons. The van der Waals surface area contributed by atoms with Crippen LogP contribution in [0.3, 0.4) is 0 Å². The SMILES string of the molecule is C.C.C.C.CCC(=O)CCC(=O)OC(C)(C)C.CCC(C)(C)C.CCOC(C)(C)C.Cc1ccc(C(OC(=O)CCC(=O)OC(C)(C)C)(c2ccccc2)c2ccccc2Cl)cc1. The van der Waals surface area contributed by atoms with Gasteiger partial charge in [-0.15, -0.1) is 0 Å². The molecule has 0 saturated carbocycles. The fourth-order valence-electron chi connectivity index (χ4n) is 4.92. The molecule has 0 aliphatic rings. The Bertz CT molecular complexity index is 1690. The number of carbonyl (C=O) groups is 4. The van der Waals surface area contributed by atoms with Gasteiger partial charge in [-0.1, -0.05) is 161 Å². The number of rotatable bonds is 12. The quantitative estimate of drug-likeness (QED) is 0.101. The maximum Gasteiger partial charge on any atom is 0.307 e. The predicted molar refractivity (Wildman–Crippen MR) is 269 cm³/mol. The van der Waals surface area contributed by atoms with Crippen molar-refractivity contribution >= 4 is 35.3 Å². The van der Waals surface area contributed by atoms with E-state index < -0.39 is 28.7 Å². The van der Waals surface area contributed by atoms with Gasteiger partial charge in [0.05, 0.1) is 24.9 Å². The van der Waals surface area contributed by atoms with Crippen LogP contribution in [0.2, 0.25) is 5.02 Å². The number of aryl methyl sites for hydroxylation is 1. The highest BCUT2D eigenvalue weighted by atomic mass is 35.5. The first-order valence-corrected chi connectivity index (χ1v) is 21.2. The molecule has 1 atom stereocenters. The number of hydrogen-bond donors (Lipinski definition) is 0. The molecule has 63 heavy (non-hydrogen) atoms. The molecule has 8 nitrogen and oxygen atoms in total. The number of esters is 3. The first-order valence-electron chi connectivity index (χ1n) is 20.8. The van der Waals surface area contributed by atoms with Crippen LogP contribution in [-0.4, -0.2) is 47.1 Å². The Morgan fingerprint density at radius 3 is 1.24 bits per heavy atom. The molecule has 0 aliphatic heterocycles.